The summed E-state index contributed by atoms with van der Waals surface area (Å²) in [6, 6.07) is 10.1. The SMILES string of the molecule is O=C(O)C1(CCc2ccccc2)CCOC1C1CC1. The fourth-order valence-corrected chi connectivity index (χ4v) is 3.27. The molecule has 0 radical (unpaired) electrons. The van der Waals surface area contributed by atoms with Gasteiger partial charge in [0.2, 0.25) is 0 Å². The summed E-state index contributed by atoms with van der Waals surface area (Å²) >= 11 is 0. The Bertz CT molecular complexity index is 452. The Labute approximate surface area is 113 Å². The Hall–Kier alpha value is -1.35. The molecule has 3 nitrogen and oxygen atoms in total. The standard InChI is InChI=1S/C16H20O3/c17-15(18)16(9-8-12-4-2-1-3-5-12)10-11-19-14(16)13-6-7-13/h1-5,13-14H,6-11H2,(H,17,18). The highest BCUT2D eigenvalue weighted by Gasteiger charge is 2.55. The zero-order valence-corrected chi connectivity index (χ0v) is 11.0. The predicted molar refractivity (Wildman–Crippen MR) is 71.9 cm³/mol. The molecule has 102 valence electrons. The number of carboxylic acid groups (broad SMARTS) is 1. The molecule has 1 aliphatic carbocycles. The molecule has 1 heterocycles. The van der Waals surface area contributed by atoms with Crippen LogP contribution in [-0.2, 0) is 16.0 Å². The van der Waals surface area contributed by atoms with Crippen molar-refractivity contribution in [1.29, 1.82) is 0 Å². The molecule has 2 atom stereocenters. The minimum atomic E-state index is -0.669. The Morgan fingerprint density at radius 3 is 2.68 bits per heavy atom. The molecule has 1 aromatic carbocycles. The van der Waals surface area contributed by atoms with Crippen LogP contribution in [0, 0.1) is 11.3 Å². The molecule has 1 aliphatic heterocycles. The lowest BCUT2D eigenvalue weighted by Crippen LogP contribution is -2.40. The summed E-state index contributed by atoms with van der Waals surface area (Å²) in [4.78, 5) is 11.8. The number of benzene rings is 1. The topological polar surface area (TPSA) is 46.5 Å². The Kier molecular flexibility index (Phi) is 3.31. The second-order valence-corrected chi connectivity index (χ2v) is 5.83. The first-order valence-electron chi connectivity index (χ1n) is 7.11. The number of hydrogen-bond donors (Lipinski definition) is 1. The molecule has 0 aromatic heterocycles. The van der Waals surface area contributed by atoms with Gasteiger partial charge in [0.05, 0.1) is 11.5 Å². The summed E-state index contributed by atoms with van der Waals surface area (Å²) in [7, 11) is 0. The van der Waals surface area contributed by atoms with Crippen LogP contribution in [0.1, 0.15) is 31.2 Å². The van der Waals surface area contributed by atoms with E-state index >= 15 is 0 Å². The highest BCUT2D eigenvalue weighted by molar-refractivity contribution is 5.76. The summed E-state index contributed by atoms with van der Waals surface area (Å²) in [6.07, 6.45) is 4.37. The Morgan fingerprint density at radius 2 is 2.05 bits per heavy atom. The quantitative estimate of drug-likeness (QED) is 0.885. The van der Waals surface area contributed by atoms with Gasteiger partial charge in [-0.05, 0) is 43.6 Å². The van der Waals surface area contributed by atoms with Crippen LogP contribution in [-0.4, -0.2) is 23.8 Å². The van der Waals surface area contributed by atoms with Crippen molar-refractivity contribution in [2.45, 2.75) is 38.2 Å². The number of aryl methyl sites for hydroxylation is 1. The van der Waals surface area contributed by atoms with Crippen molar-refractivity contribution in [3.8, 4) is 0 Å². The maximum Gasteiger partial charge on any atom is 0.312 e. The molecule has 0 spiro atoms. The number of ether oxygens (including phenoxy) is 1. The summed E-state index contributed by atoms with van der Waals surface area (Å²) in [5.74, 6) is -0.188. The third-order valence-corrected chi connectivity index (χ3v) is 4.57. The zero-order chi connectivity index (χ0) is 13.3. The van der Waals surface area contributed by atoms with Crippen molar-refractivity contribution in [1.82, 2.24) is 0 Å². The van der Waals surface area contributed by atoms with Crippen molar-refractivity contribution in [2.75, 3.05) is 6.61 Å². The Morgan fingerprint density at radius 1 is 1.32 bits per heavy atom. The van der Waals surface area contributed by atoms with E-state index in [4.69, 9.17) is 4.74 Å². The van der Waals surface area contributed by atoms with Gasteiger partial charge >= 0.3 is 5.97 Å². The number of hydrogen-bond acceptors (Lipinski definition) is 2. The average Bonchev–Trinajstić information content (AvgIpc) is 3.17. The van der Waals surface area contributed by atoms with Gasteiger partial charge in [-0.15, -0.1) is 0 Å². The molecular weight excluding hydrogens is 240 g/mol. The Balaban J connectivity index is 1.75. The summed E-state index contributed by atoms with van der Waals surface area (Å²) in [5.41, 5.74) is 0.557. The van der Waals surface area contributed by atoms with Crippen LogP contribution < -0.4 is 0 Å². The van der Waals surface area contributed by atoms with E-state index in [9.17, 15) is 9.90 Å². The van der Waals surface area contributed by atoms with Gasteiger partial charge in [0.25, 0.3) is 0 Å². The maximum atomic E-state index is 11.8. The molecule has 2 aliphatic rings. The lowest BCUT2D eigenvalue weighted by atomic mass is 9.74. The third kappa shape index (κ3) is 2.39. The van der Waals surface area contributed by atoms with Gasteiger partial charge in [-0.25, -0.2) is 0 Å². The normalized spacial score (nSPS) is 30.4. The van der Waals surface area contributed by atoms with Crippen LogP contribution in [0.2, 0.25) is 0 Å². The van der Waals surface area contributed by atoms with E-state index in [-0.39, 0.29) is 6.10 Å². The molecule has 1 N–H and O–H groups in total. The van der Waals surface area contributed by atoms with Crippen LogP contribution in [0.4, 0.5) is 0 Å². The summed E-state index contributed by atoms with van der Waals surface area (Å²) < 4.78 is 5.76. The molecule has 2 fully saturated rings. The van der Waals surface area contributed by atoms with Gasteiger partial charge < -0.3 is 9.84 Å². The third-order valence-electron chi connectivity index (χ3n) is 4.57. The number of carbonyl (C=O) groups is 1. The van der Waals surface area contributed by atoms with Gasteiger partial charge in [0.1, 0.15) is 0 Å². The van der Waals surface area contributed by atoms with E-state index in [1.54, 1.807) is 0 Å². The van der Waals surface area contributed by atoms with Crippen molar-refractivity contribution in [3.63, 3.8) is 0 Å². The van der Waals surface area contributed by atoms with Gasteiger partial charge in [-0.1, -0.05) is 30.3 Å². The van der Waals surface area contributed by atoms with E-state index < -0.39 is 11.4 Å². The monoisotopic (exact) mass is 260 g/mol. The van der Waals surface area contributed by atoms with Crippen LogP contribution in [0.5, 0.6) is 0 Å². The fourth-order valence-electron chi connectivity index (χ4n) is 3.27. The predicted octanol–water partition coefficient (Wildman–Crippen LogP) is 2.89. The molecule has 1 saturated heterocycles. The second kappa shape index (κ2) is 4.97. The fraction of sp³-hybridized carbons (Fsp3) is 0.562. The largest absolute Gasteiger partial charge is 0.481 e. The smallest absolute Gasteiger partial charge is 0.312 e. The zero-order valence-electron chi connectivity index (χ0n) is 11.0. The highest BCUT2D eigenvalue weighted by atomic mass is 16.5. The lowest BCUT2D eigenvalue weighted by Gasteiger charge is -2.30. The molecule has 1 aromatic rings. The number of aliphatic carboxylic acids is 1. The first-order valence-corrected chi connectivity index (χ1v) is 7.11. The van der Waals surface area contributed by atoms with E-state index in [1.807, 2.05) is 18.2 Å². The highest BCUT2D eigenvalue weighted by Crippen LogP contribution is 2.50. The minimum Gasteiger partial charge on any atom is -0.481 e. The van der Waals surface area contributed by atoms with Gasteiger partial charge in [-0.3, -0.25) is 4.79 Å². The molecule has 1 saturated carbocycles. The molecule has 0 amide bonds. The van der Waals surface area contributed by atoms with Crippen LogP contribution in [0.25, 0.3) is 0 Å². The van der Waals surface area contributed by atoms with Crippen molar-refractivity contribution >= 4 is 5.97 Å². The second-order valence-electron chi connectivity index (χ2n) is 5.83. The van der Waals surface area contributed by atoms with Gasteiger partial charge in [0.15, 0.2) is 0 Å². The van der Waals surface area contributed by atoms with Crippen molar-refractivity contribution in [3.05, 3.63) is 35.9 Å². The van der Waals surface area contributed by atoms with Crippen LogP contribution >= 0.6 is 0 Å². The molecule has 0 bridgehead atoms. The lowest BCUT2D eigenvalue weighted by molar-refractivity contribution is -0.153. The summed E-state index contributed by atoms with van der Waals surface area (Å²) in [6.45, 7) is 0.599. The first kappa shape index (κ1) is 12.7. The van der Waals surface area contributed by atoms with Crippen LogP contribution in [0.15, 0.2) is 30.3 Å². The number of carboxylic acids is 1. The van der Waals surface area contributed by atoms with Gasteiger partial charge in [0, 0.05) is 6.61 Å². The minimum absolute atomic E-state index is 0.0614. The molecular formula is C16H20O3. The summed E-state index contributed by atoms with van der Waals surface area (Å²) in [5, 5.41) is 9.71. The molecule has 3 heteroatoms. The van der Waals surface area contributed by atoms with E-state index in [1.165, 1.54) is 5.56 Å². The number of rotatable bonds is 5. The maximum absolute atomic E-state index is 11.8. The van der Waals surface area contributed by atoms with E-state index in [2.05, 4.69) is 12.1 Å². The van der Waals surface area contributed by atoms with Gasteiger partial charge in [-0.2, -0.15) is 0 Å². The molecule has 19 heavy (non-hydrogen) atoms. The average molecular weight is 260 g/mol. The molecule has 2 unspecified atom stereocenters. The van der Waals surface area contributed by atoms with Crippen molar-refractivity contribution < 1.29 is 14.6 Å². The van der Waals surface area contributed by atoms with E-state index in [0.717, 1.165) is 19.3 Å². The molecule has 3 rings (SSSR count). The van der Waals surface area contributed by atoms with E-state index in [0.29, 0.717) is 25.4 Å². The first-order chi connectivity index (χ1) is 9.22. The van der Waals surface area contributed by atoms with Crippen LogP contribution in [0.3, 0.4) is 0 Å². The van der Waals surface area contributed by atoms with Crippen molar-refractivity contribution in [2.24, 2.45) is 11.3 Å².